The van der Waals surface area contributed by atoms with Crippen molar-refractivity contribution in [2.45, 2.75) is 26.2 Å². The van der Waals surface area contributed by atoms with E-state index in [4.69, 9.17) is 4.74 Å². The second-order valence-corrected chi connectivity index (χ2v) is 5.34. The molecule has 1 amide bonds. The lowest BCUT2D eigenvalue weighted by atomic mass is 9.97. The smallest absolute Gasteiger partial charge is 0.313 e. The zero-order valence-electron chi connectivity index (χ0n) is 13.4. The maximum Gasteiger partial charge on any atom is 0.313 e. The number of para-hydroxylation sites is 1. The topological polar surface area (TPSA) is 55.4 Å². The monoisotopic (exact) mass is 311 g/mol. The molecule has 2 aromatic carbocycles. The molecule has 2 rings (SSSR count). The predicted octanol–water partition coefficient (Wildman–Crippen LogP) is 3.67. The van der Waals surface area contributed by atoms with Gasteiger partial charge >= 0.3 is 5.97 Å². The van der Waals surface area contributed by atoms with Crippen LogP contribution in [-0.2, 0) is 14.3 Å². The zero-order chi connectivity index (χ0) is 16.7. The third-order valence-electron chi connectivity index (χ3n) is 3.66. The second kappa shape index (κ2) is 8.13. The van der Waals surface area contributed by atoms with E-state index in [0.717, 1.165) is 16.8 Å². The van der Waals surface area contributed by atoms with Gasteiger partial charge in [0.25, 0.3) is 5.91 Å². The molecule has 0 saturated heterocycles. The number of aryl methyl sites for hydroxylation is 1. The quantitative estimate of drug-likeness (QED) is 0.828. The summed E-state index contributed by atoms with van der Waals surface area (Å²) < 4.78 is 5.17. The minimum atomic E-state index is -0.376. The van der Waals surface area contributed by atoms with Crippen LogP contribution in [0.4, 0.5) is 5.69 Å². The third-order valence-corrected chi connectivity index (χ3v) is 3.66. The van der Waals surface area contributed by atoms with Crippen molar-refractivity contribution in [1.82, 2.24) is 0 Å². The van der Waals surface area contributed by atoms with E-state index in [2.05, 4.69) is 5.32 Å². The largest absolute Gasteiger partial charge is 0.455 e. The van der Waals surface area contributed by atoms with Crippen molar-refractivity contribution in [1.29, 1.82) is 0 Å². The standard InChI is InChI=1S/C19H21NO3/c1-3-16(15-10-5-4-6-11-15)19(22)23-13-18(21)20-17-12-8-7-9-14(17)2/h4-12,16H,3,13H2,1-2H3,(H,20,21)/t16-/m1/s1. The lowest BCUT2D eigenvalue weighted by molar-refractivity contribution is -0.149. The lowest BCUT2D eigenvalue weighted by Gasteiger charge is -2.14. The van der Waals surface area contributed by atoms with Crippen LogP contribution >= 0.6 is 0 Å². The van der Waals surface area contributed by atoms with Crippen LogP contribution < -0.4 is 5.32 Å². The lowest BCUT2D eigenvalue weighted by Crippen LogP contribution is -2.24. The number of amides is 1. The van der Waals surface area contributed by atoms with Gasteiger partial charge in [-0.3, -0.25) is 9.59 Å². The summed E-state index contributed by atoms with van der Waals surface area (Å²) in [6, 6.07) is 16.9. The van der Waals surface area contributed by atoms with E-state index in [0.29, 0.717) is 6.42 Å². The molecular formula is C19H21NO3. The van der Waals surface area contributed by atoms with Gasteiger partial charge in [-0.25, -0.2) is 0 Å². The van der Waals surface area contributed by atoms with Crippen molar-refractivity contribution >= 4 is 17.6 Å². The van der Waals surface area contributed by atoms with Crippen LogP contribution in [0.2, 0.25) is 0 Å². The van der Waals surface area contributed by atoms with E-state index < -0.39 is 0 Å². The highest BCUT2D eigenvalue weighted by atomic mass is 16.5. The molecule has 0 unspecified atom stereocenters. The van der Waals surface area contributed by atoms with Crippen LogP contribution in [-0.4, -0.2) is 18.5 Å². The molecule has 1 atom stereocenters. The van der Waals surface area contributed by atoms with Crippen molar-refractivity contribution in [3.05, 3.63) is 65.7 Å². The second-order valence-electron chi connectivity index (χ2n) is 5.34. The van der Waals surface area contributed by atoms with Crippen molar-refractivity contribution in [3.8, 4) is 0 Å². The Labute approximate surface area is 136 Å². The highest BCUT2D eigenvalue weighted by Crippen LogP contribution is 2.20. The highest BCUT2D eigenvalue weighted by molar-refractivity contribution is 5.93. The normalized spacial score (nSPS) is 11.6. The molecule has 0 fully saturated rings. The van der Waals surface area contributed by atoms with Crippen LogP contribution in [0.25, 0.3) is 0 Å². The van der Waals surface area contributed by atoms with Gasteiger partial charge in [-0.2, -0.15) is 0 Å². The fourth-order valence-electron chi connectivity index (χ4n) is 2.36. The van der Waals surface area contributed by atoms with E-state index in [1.807, 2.05) is 68.4 Å². The van der Waals surface area contributed by atoms with E-state index in [1.54, 1.807) is 0 Å². The number of nitrogens with one attached hydrogen (secondary N) is 1. The average molecular weight is 311 g/mol. The van der Waals surface area contributed by atoms with Crippen LogP contribution in [0.5, 0.6) is 0 Å². The summed E-state index contributed by atoms with van der Waals surface area (Å²) in [5.41, 5.74) is 2.59. The molecule has 4 nitrogen and oxygen atoms in total. The first-order chi connectivity index (χ1) is 11.1. The molecule has 0 saturated carbocycles. The first-order valence-corrected chi connectivity index (χ1v) is 7.69. The number of anilines is 1. The molecule has 23 heavy (non-hydrogen) atoms. The Morgan fingerprint density at radius 1 is 1.04 bits per heavy atom. The Hall–Kier alpha value is -2.62. The van der Waals surface area contributed by atoms with Crippen molar-refractivity contribution in [3.63, 3.8) is 0 Å². The van der Waals surface area contributed by atoms with Gasteiger partial charge in [0.2, 0.25) is 0 Å². The van der Waals surface area contributed by atoms with Gasteiger partial charge in [-0.05, 0) is 30.5 Å². The summed E-state index contributed by atoms with van der Waals surface area (Å²) in [6.45, 7) is 3.55. The summed E-state index contributed by atoms with van der Waals surface area (Å²) >= 11 is 0. The molecule has 2 aromatic rings. The number of ether oxygens (including phenoxy) is 1. The number of hydrogen-bond donors (Lipinski definition) is 1. The SMILES string of the molecule is CC[C@@H](C(=O)OCC(=O)Nc1ccccc1C)c1ccccc1. The molecule has 0 spiro atoms. The summed E-state index contributed by atoms with van der Waals surface area (Å²) in [5, 5.41) is 2.75. The summed E-state index contributed by atoms with van der Waals surface area (Å²) in [7, 11) is 0. The predicted molar refractivity (Wildman–Crippen MR) is 90.2 cm³/mol. The number of benzene rings is 2. The molecule has 0 aliphatic heterocycles. The van der Waals surface area contributed by atoms with Gasteiger partial charge in [0, 0.05) is 5.69 Å². The van der Waals surface area contributed by atoms with Gasteiger partial charge in [0.15, 0.2) is 6.61 Å². The number of carbonyl (C=O) groups excluding carboxylic acids is 2. The van der Waals surface area contributed by atoms with Crippen LogP contribution in [0.15, 0.2) is 54.6 Å². The number of esters is 1. The van der Waals surface area contributed by atoms with E-state index in [1.165, 1.54) is 0 Å². The van der Waals surface area contributed by atoms with Gasteiger partial charge in [-0.1, -0.05) is 55.5 Å². The average Bonchev–Trinajstić information content (AvgIpc) is 2.57. The summed E-state index contributed by atoms with van der Waals surface area (Å²) in [4.78, 5) is 24.1. The molecule has 0 heterocycles. The molecule has 120 valence electrons. The Bertz CT molecular complexity index is 667. The molecule has 0 aliphatic carbocycles. The summed E-state index contributed by atoms with van der Waals surface area (Å²) in [5.74, 6) is -1.06. The Balaban J connectivity index is 1.90. The molecule has 4 heteroatoms. The molecule has 0 bridgehead atoms. The molecule has 1 N–H and O–H groups in total. The van der Waals surface area contributed by atoms with Gasteiger partial charge < -0.3 is 10.1 Å². The molecule has 0 aliphatic rings. The van der Waals surface area contributed by atoms with Crippen molar-refractivity contribution in [2.24, 2.45) is 0 Å². The van der Waals surface area contributed by atoms with Crippen molar-refractivity contribution in [2.75, 3.05) is 11.9 Å². The highest BCUT2D eigenvalue weighted by Gasteiger charge is 2.21. The van der Waals surface area contributed by atoms with Gasteiger partial charge in [0.05, 0.1) is 5.92 Å². The molecular weight excluding hydrogens is 290 g/mol. The maximum atomic E-state index is 12.2. The number of carbonyl (C=O) groups is 2. The van der Waals surface area contributed by atoms with Crippen LogP contribution in [0, 0.1) is 6.92 Å². The number of hydrogen-bond acceptors (Lipinski definition) is 3. The van der Waals surface area contributed by atoms with Gasteiger partial charge in [-0.15, -0.1) is 0 Å². The van der Waals surface area contributed by atoms with E-state index >= 15 is 0 Å². The first kappa shape index (κ1) is 16.7. The Morgan fingerprint density at radius 3 is 2.35 bits per heavy atom. The summed E-state index contributed by atoms with van der Waals surface area (Å²) in [6.07, 6.45) is 0.627. The Morgan fingerprint density at radius 2 is 1.70 bits per heavy atom. The minimum Gasteiger partial charge on any atom is -0.455 e. The number of rotatable bonds is 6. The fraction of sp³-hybridized carbons (Fsp3) is 0.263. The van der Waals surface area contributed by atoms with Crippen molar-refractivity contribution < 1.29 is 14.3 Å². The van der Waals surface area contributed by atoms with E-state index in [9.17, 15) is 9.59 Å². The maximum absolute atomic E-state index is 12.2. The third kappa shape index (κ3) is 4.68. The Kier molecular flexibility index (Phi) is 5.92. The first-order valence-electron chi connectivity index (χ1n) is 7.69. The van der Waals surface area contributed by atoms with Crippen LogP contribution in [0.3, 0.4) is 0 Å². The van der Waals surface area contributed by atoms with Crippen LogP contribution in [0.1, 0.15) is 30.4 Å². The fourth-order valence-corrected chi connectivity index (χ4v) is 2.36. The zero-order valence-corrected chi connectivity index (χ0v) is 13.4. The van der Waals surface area contributed by atoms with E-state index in [-0.39, 0.29) is 24.4 Å². The minimum absolute atomic E-state index is 0.281. The molecule has 0 radical (unpaired) electrons. The molecule has 0 aromatic heterocycles. The van der Waals surface area contributed by atoms with Gasteiger partial charge in [0.1, 0.15) is 0 Å².